The van der Waals surface area contributed by atoms with Crippen molar-refractivity contribution in [3.8, 4) is 0 Å². The van der Waals surface area contributed by atoms with Crippen LogP contribution in [0.4, 0.5) is 0 Å². The SMILES string of the molecule is CCCCC/C=C\C/C=C\C/C=C\CCCCCCCC(O)C(=O)NC(COC1OC(CO)C(O)C(O)C1OC(=O)CCCCCCCCCCCCC)C(O)/C=C/CCCCCCCCCCCC. The molecule has 11 nitrogen and oxygen atoms in total. The minimum absolute atomic E-state index is 0.124. The molecular formula is C59H107NO10. The van der Waals surface area contributed by atoms with Crippen LogP contribution in [0.2, 0.25) is 0 Å². The summed E-state index contributed by atoms with van der Waals surface area (Å²) < 4.78 is 17.5. The lowest BCUT2D eigenvalue weighted by Crippen LogP contribution is -2.61. The van der Waals surface area contributed by atoms with Gasteiger partial charge in [-0.1, -0.05) is 230 Å². The van der Waals surface area contributed by atoms with Crippen LogP contribution in [-0.2, 0) is 23.8 Å². The second-order valence-electron chi connectivity index (χ2n) is 20.0. The lowest BCUT2D eigenvalue weighted by Gasteiger charge is -2.41. The van der Waals surface area contributed by atoms with E-state index in [0.717, 1.165) is 83.5 Å². The third-order valence-electron chi connectivity index (χ3n) is 13.5. The van der Waals surface area contributed by atoms with Crippen molar-refractivity contribution in [1.82, 2.24) is 5.32 Å². The number of allylic oxidation sites excluding steroid dienone is 7. The van der Waals surface area contributed by atoms with Gasteiger partial charge in [0.15, 0.2) is 12.4 Å². The lowest BCUT2D eigenvalue weighted by atomic mass is 9.99. The zero-order chi connectivity index (χ0) is 51.1. The fourth-order valence-electron chi connectivity index (χ4n) is 8.83. The third-order valence-corrected chi connectivity index (χ3v) is 13.5. The first-order valence-corrected chi connectivity index (χ1v) is 28.9. The Balaban J connectivity index is 2.73. The number of nitrogens with one attached hydrogen (secondary N) is 1. The predicted molar refractivity (Wildman–Crippen MR) is 287 cm³/mol. The molecular weight excluding hydrogens is 883 g/mol. The van der Waals surface area contributed by atoms with Gasteiger partial charge in [0.1, 0.15) is 24.4 Å². The maximum Gasteiger partial charge on any atom is 0.306 e. The van der Waals surface area contributed by atoms with Crippen LogP contribution in [-0.4, -0.2) is 99.6 Å². The van der Waals surface area contributed by atoms with E-state index in [0.29, 0.717) is 12.8 Å². The summed E-state index contributed by atoms with van der Waals surface area (Å²) >= 11 is 0. The number of rotatable bonds is 48. The Hall–Kier alpha value is -2.38. The summed E-state index contributed by atoms with van der Waals surface area (Å²) in [5, 5.41) is 56.8. The van der Waals surface area contributed by atoms with Gasteiger partial charge in [-0.25, -0.2) is 0 Å². The van der Waals surface area contributed by atoms with Gasteiger partial charge in [0.25, 0.3) is 0 Å². The quantitative estimate of drug-likeness (QED) is 0.0196. The second kappa shape index (κ2) is 47.6. The Morgan fingerprint density at radius 3 is 1.50 bits per heavy atom. The highest BCUT2D eigenvalue weighted by Gasteiger charge is 2.47. The molecule has 1 aliphatic heterocycles. The third kappa shape index (κ3) is 35.7. The summed E-state index contributed by atoms with van der Waals surface area (Å²) in [5.41, 5.74) is 0. The normalized spacial score (nSPS) is 20.0. The van der Waals surface area contributed by atoms with Gasteiger partial charge in [0, 0.05) is 6.42 Å². The van der Waals surface area contributed by atoms with E-state index >= 15 is 0 Å². The highest BCUT2D eigenvalue weighted by molar-refractivity contribution is 5.80. The number of carbonyl (C=O) groups is 2. The summed E-state index contributed by atoms with van der Waals surface area (Å²) in [6.07, 6.45) is 45.8. The smallest absolute Gasteiger partial charge is 0.306 e. The summed E-state index contributed by atoms with van der Waals surface area (Å²) in [7, 11) is 0. The van der Waals surface area contributed by atoms with E-state index in [4.69, 9.17) is 14.2 Å². The van der Waals surface area contributed by atoms with Gasteiger partial charge in [0.2, 0.25) is 5.91 Å². The first-order chi connectivity index (χ1) is 34.2. The minimum Gasteiger partial charge on any atom is -0.454 e. The molecule has 1 amide bonds. The van der Waals surface area contributed by atoms with Crippen molar-refractivity contribution < 1.29 is 49.3 Å². The number of unbranched alkanes of at least 4 members (excludes halogenated alkanes) is 28. The molecule has 1 fully saturated rings. The molecule has 1 aliphatic rings. The highest BCUT2D eigenvalue weighted by atomic mass is 16.7. The number of hydrogen-bond donors (Lipinski definition) is 6. The lowest BCUT2D eigenvalue weighted by molar-refractivity contribution is -0.305. The number of hydrogen-bond acceptors (Lipinski definition) is 10. The maximum atomic E-state index is 13.4. The van der Waals surface area contributed by atoms with Gasteiger partial charge in [-0.2, -0.15) is 0 Å². The second-order valence-corrected chi connectivity index (χ2v) is 20.0. The van der Waals surface area contributed by atoms with Crippen LogP contribution in [0, 0.1) is 0 Å². The fourth-order valence-corrected chi connectivity index (χ4v) is 8.83. The van der Waals surface area contributed by atoms with Crippen molar-refractivity contribution in [2.45, 2.75) is 301 Å². The molecule has 1 heterocycles. The van der Waals surface area contributed by atoms with Gasteiger partial charge < -0.3 is 45.1 Å². The molecule has 408 valence electrons. The molecule has 0 aliphatic carbocycles. The van der Waals surface area contributed by atoms with Crippen molar-refractivity contribution >= 4 is 11.9 Å². The Morgan fingerprint density at radius 1 is 0.557 bits per heavy atom. The standard InChI is InChI=1S/C59H107NO10/c1-4-7-10-13-16-19-22-24-25-26-27-28-29-32-34-37-40-43-46-52(63)58(67)60-50(51(62)45-42-39-36-33-31-23-20-17-14-11-8-5-2)49-68-59-57(56(66)55(65)53(48-61)69-59)70-54(64)47-44-41-38-35-30-21-18-15-12-9-6-3/h16,19,24-25,27-28,42,45,50-53,55-57,59,61-63,65-66H,4-15,17-18,20-23,26,29-41,43-44,46-49H2,1-3H3,(H,60,67)/b19-16-,25-24-,28-27-,45-42+. The molecule has 1 saturated heterocycles. The van der Waals surface area contributed by atoms with Crippen molar-refractivity contribution in [2.75, 3.05) is 13.2 Å². The highest BCUT2D eigenvalue weighted by Crippen LogP contribution is 2.26. The van der Waals surface area contributed by atoms with Crippen LogP contribution in [0.3, 0.4) is 0 Å². The molecule has 0 aromatic heterocycles. The van der Waals surface area contributed by atoms with Crippen LogP contribution < -0.4 is 5.32 Å². The Kier molecular flexibility index (Phi) is 44.6. The van der Waals surface area contributed by atoms with Crippen LogP contribution in [0.1, 0.15) is 252 Å². The van der Waals surface area contributed by atoms with Crippen molar-refractivity contribution in [3.05, 3.63) is 48.6 Å². The molecule has 11 heteroatoms. The van der Waals surface area contributed by atoms with Gasteiger partial charge in [-0.05, 0) is 64.2 Å². The van der Waals surface area contributed by atoms with Gasteiger partial charge in [0.05, 0.1) is 25.4 Å². The van der Waals surface area contributed by atoms with E-state index in [1.165, 1.54) is 122 Å². The summed E-state index contributed by atoms with van der Waals surface area (Å²) in [6, 6.07) is -1.03. The summed E-state index contributed by atoms with van der Waals surface area (Å²) in [6.45, 7) is 5.73. The molecule has 0 aromatic rings. The average Bonchev–Trinajstić information content (AvgIpc) is 3.36. The van der Waals surface area contributed by atoms with Crippen molar-refractivity contribution in [1.29, 1.82) is 0 Å². The number of ether oxygens (including phenoxy) is 3. The van der Waals surface area contributed by atoms with E-state index in [9.17, 15) is 35.1 Å². The van der Waals surface area contributed by atoms with Crippen LogP contribution >= 0.6 is 0 Å². The van der Waals surface area contributed by atoms with E-state index < -0.39 is 67.4 Å². The number of aliphatic hydroxyl groups excluding tert-OH is 5. The zero-order valence-electron chi connectivity index (χ0n) is 44.9. The fraction of sp³-hybridized carbons (Fsp3) is 0.831. The molecule has 8 unspecified atom stereocenters. The van der Waals surface area contributed by atoms with E-state index in [1.54, 1.807) is 6.08 Å². The van der Waals surface area contributed by atoms with E-state index in [-0.39, 0.29) is 19.4 Å². The maximum absolute atomic E-state index is 13.4. The van der Waals surface area contributed by atoms with Crippen LogP contribution in [0.15, 0.2) is 48.6 Å². The Bertz CT molecular complexity index is 1320. The minimum atomic E-state index is -1.61. The molecule has 1 rings (SSSR count). The molecule has 0 saturated carbocycles. The molecule has 8 atom stereocenters. The van der Waals surface area contributed by atoms with Crippen LogP contribution in [0.5, 0.6) is 0 Å². The molecule has 0 aromatic carbocycles. The van der Waals surface area contributed by atoms with Gasteiger partial charge >= 0.3 is 5.97 Å². The molecule has 0 radical (unpaired) electrons. The van der Waals surface area contributed by atoms with Gasteiger partial charge in [-0.3, -0.25) is 9.59 Å². The number of aliphatic hydroxyl groups is 5. The molecule has 6 N–H and O–H groups in total. The number of esters is 1. The van der Waals surface area contributed by atoms with Crippen LogP contribution in [0.25, 0.3) is 0 Å². The first kappa shape index (κ1) is 65.6. The number of amides is 1. The first-order valence-electron chi connectivity index (χ1n) is 28.9. The summed E-state index contributed by atoms with van der Waals surface area (Å²) in [4.78, 5) is 26.4. The largest absolute Gasteiger partial charge is 0.454 e. The van der Waals surface area contributed by atoms with Crippen molar-refractivity contribution in [3.63, 3.8) is 0 Å². The predicted octanol–water partition coefficient (Wildman–Crippen LogP) is 12.9. The average molecular weight is 991 g/mol. The van der Waals surface area contributed by atoms with Gasteiger partial charge in [-0.15, -0.1) is 0 Å². The molecule has 0 spiro atoms. The Morgan fingerprint density at radius 2 is 0.986 bits per heavy atom. The monoisotopic (exact) mass is 990 g/mol. The molecule has 70 heavy (non-hydrogen) atoms. The summed E-state index contributed by atoms with van der Waals surface area (Å²) in [5.74, 6) is -1.21. The van der Waals surface area contributed by atoms with E-state index in [2.05, 4.69) is 62.5 Å². The number of carbonyl (C=O) groups excluding carboxylic acids is 2. The molecule has 0 bridgehead atoms. The Labute approximate surface area is 427 Å². The van der Waals surface area contributed by atoms with E-state index in [1.807, 2.05) is 6.08 Å². The zero-order valence-corrected chi connectivity index (χ0v) is 44.9. The van der Waals surface area contributed by atoms with Crippen molar-refractivity contribution in [2.24, 2.45) is 0 Å². The topological polar surface area (TPSA) is 175 Å².